The Morgan fingerprint density at radius 3 is 2.00 bits per heavy atom. The fourth-order valence-corrected chi connectivity index (χ4v) is 2.93. The van der Waals surface area contributed by atoms with Gasteiger partial charge in [-0.15, -0.1) is 0 Å². The molecule has 0 amide bonds. The summed E-state index contributed by atoms with van der Waals surface area (Å²) in [4.78, 5) is 24.0. The van der Waals surface area contributed by atoms with Crippen molar-refractivity contribution in [3.8, 4) is 0 Å². The molecular weight excluding hydrogens is 260 g/mol. The lowest BCUT2D eigenvalue weighted by Crippen LogP contribution is -2.19. The Labute approximate surface area is 121 Å². The summed E-state index contributed by atoms with van der Waals surface area (Å²) in [6.07, 6.45) is 1.80. The van der Waals surface area contributed by atoms with Crippen molar-refractivity contribution >= 4 is 39.2 Å². The summed E-state index contributed by atoms with van der Waals surface area (Å²) in [5, 5.41) is 4.37. The summed E-state index contributed by atoms with van der Waals surface area (Å²) < 4.78 is 0. The SMILES string of the molecule is CC1=Cc2cc3cc4ccccc4cc3cc2C(=O)C1=O. The Kier molecular flexibility index (Phi) is 2.36. The molecular formula is C19H12O2. The van der Waals surface area contributed by atoms with E-state index in [1.807, 2.05) is 30.3 Å². The predicted octanol–water partition coefficient (Wildman–Crippen LogP) is 4.16. The first-order chi connectivity index (χ1) is 10.1. The van der Waals surface area contributed by atoms with Gasteiger partial charge in [0.2, 0.25) is 11.6 Å². The van der Waals surface area contributed by atoms with Gasteiger partial charge in [-0.25, -0.2) is 0 Å². The van der Waals surface area contributed by atoms with E-state index in [4.69, 9.17) is 0 Å². The van der Waals surface area contributed by atoms with Gasteiger partial charge in [-0.1, -0.05) is 24.3 Å². The zero-order valence-corrected chi connectivity index (χ0v) is 11.5. The highest BCUT2D eigenvalue weighted by atomic mass is 16.2. The Bertz CT molecular complexity index is 977. The van der Waals surface area contributed by atoms with Crippen molar-refractivity contribution in [2.24, 2.45) is 0 Å². The molecule has 0 saturated carbocycles. The van der Waals surface area contributed by atoms with E-state index >= 15 is 0 Å². The van der Waals surface area contributed by atoms with Crippen LogP contribution in [0.1, 0.15) is 22.8 Å². The predicted molar refractivity (Wildman–Crippen MR) is 84.4 cm³/mol. The van der Waals surface area contributed by atoms with Crippen LogP contribution in [0.15, 0.2) is 54.1 Å². The van der Waals surface area contributed by atoms with E-state index in [1.54, 1.807) is 13.0 Å². The highest BCUT2D eigenvalue weighted by Crippen LogP contribution is 2.29. The van der Waals surface area contributed by atoms with E-state index in [1.165, 1.54) is 5.39 Å². The summed E-state index contributed by atoms with van der Waals surface area (Å²) >= 11 is 0. The van der Waals surface area contributed by atoms with Crippen LogP contribution in [-0.4, -0.2) is 11.6 Å². The van der Waals surface area contributed by atoms with Crippen molar-refractivity contribution in [1.82, 2.24) is 0 Å². The maximum Gasteiger partial charge on any atom is 0.233 e. The lowest BCUT2D eigenvalue weighted by atomic mass is 9.88. The Morgan fingerprint density at radius 1 is 0.714 bits per heavy atom. The van der Waals surface area contributed by atoms with Gasteiger partial charge < -0.3 is 0 Å². The van der Waals surface area contributed by atoms with Gasteiger partial charge in [-0.05, 0) is 64.4 Å². The second-order valence-electron chi connectivity index (χ2n) is 5.47. The molecule has 0 N–H and O–H groups in total. The molecule has 0 radical (unpaired) electrons. The van der Waals surface area contributed by atoms with Crippen molar-refractivity contribution in [3.05, 3.63) is 65.2 Å². The molecule has 100 valence electrons. The molecule has 2 nitrogen and oxygen atoms in total. The average molecular weight is 272 g/mol. The third-order valence-electron chi connectivity index (χ3n) is 4.05. The van der Waals surface area contributed by atoms with Crippen molar-refractivity contribution < 1.29 is 9.59 Å². The number of hydrogen-bond acceptors (Lipinski definition) is 2. The minimum atomic E-state index is -0.403. The highest BCUT2D eigenvalue weighted by molar-refractivity contribution is 6.51. The van der Waals surface area contributed by atoms with Crippen LogP contribution in [0.25, 0.3) is 27.6 Å². The summed E-state index contributed by atoms with van der Waals surface area (Å²) in [7, 11) is 0. The van der Waals surface area contributed by atoms with E-state index in [-0.39, 0.29) is 0 Å². The summed E-state index contributed by atoms with van der Waals surface area (Å²) in [5.41, 5.74) is 1.85. The van der Waals surface area contributed by atoms with Gasteiger partial charge in [0, 0.05) is 11.1 Å². The molecule has 0 spiro atoms. The number of hydrogen-bond donors (Lipinski definition) is 0. The fraction of sp³-hybridized carbons (Fsp3) is 0.0526. The monoisotopic (exact) mass is 272 g/mol. The quantitative estimate of drug-likeness (QED) is 0.455. The molecule has 0 heterocycles. The minimum Gasteiger partial charge on any atom is -0.285 e. The number of Topliss-reactive ketones (excluding diaryl/α,β-unsaturated/α-hetero) is 2. The second kappa shape index (κ2) is 4.13. The van der Waals surface area contributed by atoms with Crippen LogP contribution in [0.4, 0.5) is 0 Å². The van der Waals surface area contributed by atoms with E-state index in [9.17, 15) is 9.59 Å². The Balaban J connectivity index is 2.09. The molecule has 0 aromatic heterocycles. The zero-order valence-electron chi connectivity index (χ0n) is 11.5. The molecule has 0 atom stereocenters. The first-order valence-electron chi connectivity index (χ1n) is 6.87. The largest absolute Gasteiger partial charge is 0.285 e. The van der Waals surface area contributed by atoms with Gasteiger partial charge >= 0.3 is 0 Å². The van der Waals surface area contributed by atoms with E-state index in [0.717, 1.165) is 21.7 Å². The van der Waals surface area contributed by atoms with Gasteiger partial charge in [-0.3, -0.25) is 9.59 Å². The molecule has 3 aromatic rings. The van der Waals surface area contributed by atoms with Gasteiger partial charge in [0.1, 0.15) is 0 Å². The molecule has 4 rings (SSSR count). The molecule has 21 heavy (non-hydrogen) atoms. The standard InChI is InChI=1S/C19H12O2/c1-11-6-16-9-14-7-12-4-2-3-5-13(12)8-15(14)10-17(16)19(21)18(11)20/h2-10H,1H3. The number of benzene rings is 3. The van der Waals surface area contributed by atoms with E-state index in [0.29, 0.717) is 11.1 Å². The maximum atomic E-state index is 12.1. The number of allylic oxidation sites excluding steroid dienone is 1. The van der Waals surface area contributed by atoms with Gasteiger partial charge in [0.05, 0.1) is 0 Å². The first kappa shape index (κ1) is 12.0. The molecule has 1 aliphatic rings. The number of ketones is 2. The lowest BCUT2D eigenvalue weighted by molar-refractivity contribution is -0.111. The van der Waals surface area contributed by atoms with Gasteiger partial charge in [0.25, 0.3) is 0 Å². The second-order valence-corrected chi connectivity index (χ2v) is 5.47. The van der Waals surface area contributed by atoms with Crippen molar-refractivity contribution in [2.75, 3.05) is 0 Å². The van der Waals surface area contributed by atoms with E-state index < -0.39 is 11.6 Å². The van der Waals surface area contributed by atoms with Gasteiger partial charge in [-0.2, -0.15) is 0 Å². The smallest absolute Gasteiger partial charge is 0.233 e. The van der Waals surface area contributed by atoms with Crippen LogP contribution < -0.4 is 0 Å². The Morgan fingerprint density at radius 2 is 1.33 bits per heavy atom. The number of rotatable bonds is 0. The lowest BCUT2D eigenvalue weighted by Gasteiger charge is -2.13. The molecule has 1 aliphatic carbocycles. The number of carbonyl (C=O) groups excluding carboxylic acids is 2. The highest BCUT2D eigenvalue weighted by Gasteiger charge is 2.25. The van der Waals surface area contributed by atoms with Crippen LogP contribution in [0.5, 0.6) is 0 Å². The summed E-state index contributed by atoms with van der Waals surface area (Å²) in [6.45, 7) is 1.69. The molecule has 0 saturated heterocycles. The molecule has 3 aromatic carbocycles. The third-order valence-corrected chi connectivity index (χ3v) is 4.05. The number of fused-ring (bicyclic) bond motifs is 3. The molecule has 0 unspecified atom stereocenters. The topological polar surface area (TPSA) is 34.1 Å². The van der Waals surface area contributed by atoms with Crippen LogP contribution >= 0.6 is 0 Å². The van der Waals surface area contributed by atoms with Gasteiger partial charge in [0.15, 0.2) is 0 Å². The minimum absolute atomic E-state index is 0.400. The van der Waals surface area contributed by atoms with Crippen molar-refractivity contribution in [2.45, 2.75) is 6.92 Å². The first-order valence-corrected chi connectivity index (χ1v) is 6.87. The zero-order chi connectivity index (χ0) is 14.6. The molecule has 0 aliphatic heterocycles. The fourth-order valence-electron chi connectivity index (χ4n) is 2.93. The molecule has 0 fully saturated rings. The van der Waals surface area contributed by atoms with Crippen LogP contribution in [-0.2, 0) is 4.79 Å². The number of carbonyl (C=O) groups is 2. The van der Waals surface area contributed by atoms with E-state index in [2.05, 4.69) is 18.2 Å². The van der Waals surface area contributed by atoms with Crippen LogP contribution in [0.3, 0.4) is 0 Å². The third kappa shape index (κ3) is 1.73. The Hall–Kier alpha value is -2.74. The summed E-state index contributed by atoms with van der Waals surface area (Å²) in [5.74, 6) is -0.803. The van der Waals surface area contributed by atoms with Crippen LogP contribution in [0.2, 0.25) is 0 Å². The van der Waals surface area contributed by atoms with Crippen LogP contribution in [0, 0.1) is 0 Å². The normalized spacial score (nSPS) is 14.4. The van der Waals surface area contributed by atoms with Crippen molar-refractivity contribution in [3.63, 3.8) is 0 Å². The average Bonchev–Trinajstić information content (AvgIpc) is 2.49. The summed E-state index contributed by atoms with van der Waals surface area (Å²) in [6, 6.07) is 16.1. The molecule has 2 heteroatoms. The maximum absolute atomic E-state index is 12.1. The van der Waals surface area contributed by atoms with Crippen molar-refractivity contribution in [1.29, 1.82) is 0 Å². The molecule has 0 bridgehead atoms.